The monoisotopic (exact) mass is 501 g/mol. The molecule has 10 nitrogen and oxygen atoms in total. The number of nitrogens with one attached hydrogen (secondary N) is 1. The number of anilines is 1. The minimum Gasteiger partial charge on any atom is -0.444 e. The Morgan fingerprint density at radius 2 is 1.81 bits per heavy atom. The molecule has 0 spiro atoms. The van der Waals surface area contributed by atoms with Crippen LogP contribution in [-0.4, -0.2) is 95.7 Å². The summed E-state index contributed by atoms with van der Waals surface area (Å²) in [6.45, 7) is 11.6. The summed E-state index contributed by atoms with van der Waals surface area (Å²) in [6.07, 6.45) is 2.17. The molecule has 10 heteroatoms. The molecule has 0 radical (unpaired) electrons. The standard InChI is InChI=1S/C26H43N7O3/c1-26(2,3)36-25(35)28-10-8-7-9-11-33-22-20(23(34)30(4)5)16-19(17-21(22)29-24(33)27)18-32-14-12-31(6)13-15-32/h16-17H,7-15,18H2,1-6H3,(H2,27,29)(H,28,35). The maximum absolute atomic E-state index is 13.2. The molecule has 1 saturated heterocycles. The summed E-state index contributed by atoms with van der Waals surface area (Å²) in [7, 11) is 5.68. The lowest BCUT2D eigenvalue weighted by Crippen LogP contribution is -2.43. The molecule has 2 aromatic rings. The molecule has 2 heterocycles. The van der Waals surface area contributed by atoms with E-state index >= 15 is 0 Å². The van der Waals surface area contributed by atoms with E-state index < -0.39 is 11.7 Å². The molecule has 3 rings (SSSR count). The van der Waals surface area contributed by atoms with Crippen molar-refractivity contribution < 1.29 is 14.3 Å². The Bertz CT molecular complexity index is 1050. The Labute approximate surface area is 214 Å². The van der Waals surface area contributed by atoms with Crippen LogP contribution in [0.15, 0.2) is 12.1 Å². The second kappa shape index (κ2) is 11.9. The number of nitrogen functional groups attached to an aromatic ring is 1. The van der Waals surface area contributed by atoms with Gasteiger partial charge in [-0.1, -0.05) is 0 Å². The molecule has 1 aliphatic heterocycles. The van der Waals surface area contributed by atoms with Crippen molar-refractivity contribution in [2.75, 3.05) is 59.6 Å². The first-order valence-electron chi connectivity index (χ1n) is 12.8. The van der Waals surface area contributed by atoms with Gasteiger partial charge in [-0.3, -0.25) is 9.69 Å². The zero-order valence-corrected chi connectivity index (χ0v) is 22.8. The van der Waals surface area contributed by atoms with Crippen LogP contribution in [0.5, 0.6) is 0 Å². The second-order valence-corrected chi connectivity index (χ2v) is 10.9. The molecule has 1 aromatic heterocycles. The van der Waals surface area contributed by atoms with Gasteiger partial charge in [-0.05, 0) is 64.8 Å². The van der Waals surface area contributed by atoms with Gasteiger partial charge in [-0.2, -0.15) is 0 Å². The summed E-state index contributed by atoms with van der Waals surface area (Å²) < 4.78 is 7.22. The van der Waals surface area contributed by atoms with Crippen LogP contribution in [0.1, 0.15) is 56.0 Å². The molecular formula is C26H43N7O3. The predicted octanol–water partition coefficient (Wildman–Crippen LogP) is 2.76. The Balaban J connectivity index is 1.68. The Hall–Kier alpha value is -2.85. The van der Waals surface area contributed by atoms with E-state index in [0.717, 1.165) is 68.6 Å². The fraction of sp³-hybridized carbons (Fsp3) is 0.654. The lowest BCUT2D eigenvalue weighted by Gasteiger charge is -2.32. The molecule has 3 N–H and O–H groups in total. The van der Waals surface area contributed by atoms with E-state index in [2.05, 4.69) is 33.2 Å². The molecule has 0 bridgehead atoms. The number of ether oxygens (including phenoxy) is 1. The summed E-state index contributed by atoms with van der Waals surface area (Å²) in [5.41, 5.74) is 9.09. The maximum Gasteiger partial charge on any atom is 0.407 e. The van der Waals surface area contributed by atoms with Crippen molar-refractivity contribution in [3.63, 3.8) is 0 Å². The number of nitrogens with zero attached hydrogens (tertiary/aromatic N) is 5. The molecule has 200 valence electrons. The summed E-state index contributed by atoms with van der Waals surface area (Å²) in [5.74, 6) is 0.365. The number of benzene rings is 1. The second-order valence-electron chi connectivity index (χ2n) is 10.9. The van der Waals surface area contributed by atoms with E-state index in [9.17, 15) is 9.59 Å². The smallest absolute Gasteiger partial charge is 0.407 e. The number of piperazine rings is 1. The number of carbonyl (C=O) groups is 2. The van der Waals surface area contributed by atoms with Gasteiger partial charge in [0, 0.05) is 59.9 Å². The van der Waals surface area contributed by atoms with Crippen LogP contribution in [0.3, 0.4) is 0 Å². The number of amides is 2. The fourth-order valence-electron chi connectivity index (χ4n) is 4.41. The van der Waals surface area contributed by atoms with Gasteiger partial charge < -0.3 is 30.2 Å². The van der Waals surface area contributed by atoms with Crippen LogP contribution in [0.2, 0.25) is 0 Å². The molecule has 0 unspecified atom stereocenters. The van der Waals surface area contributed by atoms with Crippen LogP contribution < -0.4 is 11.1 Å². The van der Waals surface area contributed by atoms with Crippen molar-refractivity contribution in [3.8, 4) is 0 Å². The molecule has 1 fully saturated rings. The highest BCUT2D eigenvalue weighted by molar-refractivity contribution is 6.05. The van der Waals surface area contributed by atoms with Crippen LogP contribution in [0.4, 0.5) is 10.7 Å². The first kappa shape index (κ1) is 27.7. The van der Waals surface area contributed by atoms with Crippen molar-refractivity contribution in [1.82, 2.24) is 29.6 Å². The number of likely N-dealkylation sites (N-methyl/N-ethyl adjacent to an activating group) is 1. The number of alkyl carbamates (subject to hydrolysis) is 1. The van der Waals surface area contributed by atoms with Gasteiger partial charge in [0.05, 0.1) is 16.6 Å². The highest BCUT2D eigenvalue weighted by Crippen LogP contribution is 2.26. The largest absolute Gasteiger partial charge is 0.444 e. The molecular weight excluding hydrogens is 458 g/mol. The molecule has 0 aliphatic carbocycles. The van der Waals surface area contributed by atoms with E-state index in [0.29, 0.717) is 24.6 Å². The number of rotatable bonds is 9. The maximum atomic E-state index is 13.2. The average molecular weight is 502 g/mol. The van der Waals surface area contributed by atoms with Crippen LogP contribution >= 0.6 is 0 Å². The minimum atomic E-state index is -0.504. The van der Waals surface area contributed by atoms with Crippen molar-refractivity contribution in [2.24, 2.45) is 0 Å². The molecule has 2 amide bonds. The Morgan fingerprint density at radius 1 is 1.11 bits per heavy atom. The number of nitrogens with two attached hydrogens (primary N) is 1. The molecule has 0 saturated carbocycles. The van der Waals surface area contributed by atoms with E-state index in [1.54, 1.807) is 19.0 Å². The third kappa shape index (κ3) is 7.57. The summed E-state index contributed by atoms with van der Waals surface area (Å²) in [6, 6.07) is 4.07. The van der Waals surface area contributed by atoms with Crippen LogP contribution in [0, 0.1) is 0 Å². The van der Waals surface area contributed by atoms with Crippen molar-refractivity contribution >= 4 is 29.0 Å². The SMILES string of the molecule is CN1CCN(Cc2cc(C(=O)N(C)C)c3c(c2)nc(N)n3CCCCCNC(=O)OC(C)(C)C)CC1. The minimum absolute atomic E-state index is 0.0528. The average Bonchev–Trinajstić information content (AvgIpc) is 3.10. The van der Waals surface area contributed by atoms with E-state index in [1.165, 1.54) is 0 Å². The van der Waals surface area contributed by atoms with Gasteiger partial charge >= 0.3 is 6.09 Å². The quantitative estimate of drug-likeness (QED) is 0.509. The van der Waals surface area contributed by atoms with Gasteiger partial charge in [0.2, 0.25) is 5.95 Å². The number of hydrogen-bond acceptors (Lipinski definition) is 7. The van der Waals surface area contributed by atoms with Crippen molar-refractivity contribution in [3.05, 3.63) is 23.3 Å². The van der Waals surface area contributed by atoms with Crippen molar-refractivity contribution in [1.29, 1.82) is 0 Å². The van der Waals surface area contributed by atoms with Crippen LogP contribution in [0.25, 0.3) is 11.0 Å². The highest BCUT2D eigenvalue weighted by Gasteiger charge is 2.22. The number of hydrogen-bond donors (Lipinski definition) is 2. The number of aryl methyl sites for hydroxylation is 1. The molecule has 1 aromatic carbocycles. The third-order valence-corrected chi connectivity index (χ3v) is 6.30. The first-order chi connectivity index (χ1) is 16.9. The van der Waals surface area contributed by atoms with Gasteiger partial charge in [-0.25, -0.2) is 9.78 Å². The molecule has 1 aliphatic rings. The zero-order valence-electron chi connectivity index (χ0n) is 22.8. The number of aromatic nitrogens is 2. The van der Waals surface area contributed by atoms with Crippen molar-refractivity contribution in [2.45, 2.75) is 58.7 Å². The number of carbonyl (C=O) groups excluding carboxylic acids is 2. The normalized spacial score (nSPS) is 15.3. The summed E-state index contributed by atoms with van der Waals surface area (Å²) in [5, 5.41) is 2.79. The number of fused-ring (bicyclic) bond motifs is 1. The van der Waals surface area contributed by atoms with E-state index in [1.807, 2.05) is 31.4 Å². The van der Waals surface area contributed by atoms with Gasteiger partial charge in [-0.15, -0.1) is 0 Å². The lowest BCUT2D eigenvalue weighted by molar-refractivity contribution is 0.0526. The van der Waals surface area contributed by atoms with Gasteiger partial charge in [0.25, 0.3) is 5.91 Å². The zero-order chi connectivity index (χ0) is 26.5. The van der Waals surface area contributed by atoms with E-state index in [-0.39, 0.29) is 5.91 Å². The van der Waals surface area contributed by atoms with Gasteiger partial charge in [0.1, 0.15) is 5.60 Å². The highest BCUT2D eigenvalue weighted by atomic mass is 16.6. The van der Waals surface area contributed by atoms with E-state index in [4.69, 9.17) is 10.5 Å². The summed E-state index contributed by atoms with van der Waals surface area (Å²) >= 11 is 0. The predicted molar refractivity (Wildman–Crippen MR) is 143 cm³/mol. The molecule has 36 heavy (non-hydrogen) atoms. The summed E-state index contributed by atoms with van der Waals surface area (Å²) in [4.78, 5) is 35.9. The molecule has 0 atom stereocenters. The number of imidazole rings is 1. The first-order valence-corrected chi connectivity index (χ1v) is 12.8. The third-order valence-electron chi connectivity index (χ3n) is 6.30. The Kier molecular flexibility index (Phi) is 9.19. The number of unbranched alkanes of at least 4 members (excludes halogenated alkanes) is 2. The van der Waals surface area contributed by atoms with Gasteiger partial charge in [0.15, 0.2) is 0 Å². The Morgan fingerprint density at radius 3 is 2.44 bits per heavy atom. The topological polar surface area (TPSA) is 109 Å². The van der Waals surface area contributed by atoms with Crippen LogP contribution in [-0.2, 0) is 17.8 Å². The fourth-order valence-corrected chi connectivity index (χ4v) is 4.41. The lowest BCUT2D eigenvalue weighted by atomic mass is 10.1.